The van der Waals surface area contributed by atoms with Gasteiger partial charge in [0.1, 0.15) is 5.82 Å². The van der Waals surface area contributed by atoms with E-state index in [1.807, 2.05) is 31.2 Å². The number of aryl methyl sites for hydroxylation is 1. The molecule has 0 fully saturated rings. The Bertz CT molecular complexity index is 632. The largest absolute Gasteiger partial charge is 0.370 e. The molecule has 3 N–H and O–H groups in total. The number of nitrogens with two attached hydrogens (primary N) is 1. The quantitative estimate of drug-likeness (QED) is 0.224. The average Bonchev–Trinajstić information content (AvgIpc) is 2.49. The number of hydrogen-bond donors (Lipinski definition) is 2. The highest BCUT2D eigenvalue weighted by Crippen LogP contribution is 2.18. The molecule has 0 saturated carbocycles. The van der Waals surface area contributed by atoms with Crippen LogP contribution in [-0.2, 0) is 0 Å². The van der Waals surface area contributed by atoms with Gasteiger partial charge in [-0.25, -0.2) is 4.39 Å². The molecule has 0 aliphatic rings. The van der Waals surface area contributed by atoms with E-state index in [4.69, 9.17) is 5.73 Å². The lowest BCUT2D eigenvalue weighted by atomic mass is 10.2. The van der Waals surface area contributed by atoms with Gasteiger partial charge in [0.2, 0.25) is 0 Å². The lowest BCUT2D eigenvalue weighted by Crippen LogP contribution is -2.22. The first kappa shape index (κ1) is 19.8. The molecule has 23 heavy (non-hydrogen) atoms. The number of anilines is 1. The Labute approximate surface area is 158 Å². The number of nitrogens with zero attached hydrogens (tertiary/aromatic N) is 1. The van der Waals surface area contributed by atoms with Gasteiger partial charge < -0.3 is 11.1 Å². The summed E-state index contributed by atoms with van der Waals surface area (Å²) in [6, 6.07) is 14.5. The Morgan fingerprint density at radius 2 is 1.96 bits per heavy atom. The van der Waals surface area contributed by atoms with Gasteiger partial charge in [0, 0.05) is 17.1 Å². The van der Waals surface area contributed by atoms with E-state index >= 15 is 0 Å². The normalized spacial score (nSPS) is 11.0. The van der Waals surface area contributed by atoms with Crippen LogP contribution in [0.25, 0.3) is 0 Å². The van der Waals surface area contributed by atoms with E-state index in [1.165, 1.54) is 17.7 Å². The molecule has 2 aromatic carbocycles. The summed E-state index contributed by atoms with van der Waals surface area (Å²) in [5.41, 5.74) is 7.98. The Balaban J connectivity index is 0.00000264. The van der Waals surface area contributed by atoms with Crippen LogP contribution in [-0.4, -0.2) is 18.3 Å². The number of rotatable bonds is 6. The minimum Gasteiger partial charge on any atom is -0.370 e. The van der Waals surface area contributed by atoms with Gasteiger partial charge in [-0.15, -0.1) is 35.7 Å². The maximum atomic E-state index is 12.8. The fraction of sp³-hybridized carbons (Fsp3) is 0.235. The van der Waals surface area contributed by atoms with E-state index < -0.39 is 0 Å². The van der Waals surface area contributed by atoms with E-state index in [1.54, 1.807) is 23.9 Å². The van der Waals surface area contributed by atoms with Gasteiger partial charge in [0.25, 0.3) is 0 Å². The van der Waals surface area contributed by atoms with Crippen molar-refractivity contribution in [2.45, 2.75) is 18.2 Å². The predicted molar refractivity (Wildman–Crippen MR) is 108 cm³/mol. The van der Waals surface area contributed by atoms with Crippen LogP contribution in [0.2, 0.25) is 0 Å². The minimum atomic E-state index is -0.205. The summed E-state index contributed by atoms with van der Waals surface area (Å²) in [6.45, 7) is 2.70. The summed E-state index contributed by atoms with van der Waals surface area (Å²) >= 11 is 1.69. The number of benzene rings is 2. The summed E-state index contributed by atoms with van der Waals surface area (Å²) < 4.78 is 12.8. The van der Waals surface area contributed by atoms with Crippen molar-refractivity contribution in [1.29, 1.82) is 0 Å². The lowest BCUT2D eigenvalue weighted by molar-refractivity contribution is 0.626. The smallest absolute Gasteiger partial charge is 0.193 e. The monoisotopic (exact) mass is 445 g/mol. The third-order valence-electron chi connectivity index (χ3n) is 2.96. The first-order valence-corrected chi connectivity index (χ1v) is 8.14. The Morgan fingerprint density at radius 1 is 1.22 bits per heavy atom. The molecule has 0 aromatic heterocycles. The average molecular weight is 445 g/mol. The fourth-order valence-electron chi connectivity index (χ4n) is 1.90. The molecular weight excluding hydrogens is 424 g/mol. The second-order valence-corrected chi connectivity index (χ2v) is 6.09. The van der Waals surface area contributed by atoms with Gasteiger partial charge in [0.05, 0.1) is 0 Å². The summed E-state index contributed by atoms with van der Waals surface area (Å²) in [5, 5.41) is 3.08. The van der Waals surface area contributed by atoms with Gasteiger partial charge >= 0.3 is 0 Å². The van der Waals surface area contributed by atoms with Crippen LogP contribution in [0.3, 0.4) is 0 Å². The van der Waals surface area contributed by atoms with Crippen LogP contribution in [0, 0.1) is 12.7 Å². The topological polar surface area (TPSA) is 50.4 Å². The van der Waals surface area contributed by atoms with Crippen molar-refractivity contribution in [3.05, 3.63) is 59.9 Å². The Hall–Kier alpha value is -1.28. The number of guanidine groups is 1. The molecule has 0 aliphatic heterocycles. The van der Waals surface area contributed by atoms with Crippen LogP contribution in [0.4, 0.5) is 10.1 Å². The molecule has 0 heterocycles. The molecule has 0 aliphatic carbocycles. The fourth-order valence-corrected chi connectivity index (χ4v) is 2.73. The van der Waals surface area contributed by atoms with Crippen molar-refractivity contribution in [2.24, 2.45) is 10.7 Å². The number of aliphatic imine (C=N–C) groups is 1. The van der Waals surface area contributed by atoms with Gasteiger partial charge in [-0.1, -0.05) is 12.1 Å². The van der Waals surface area contributed by atoms with Crippen molar-refractivity contribution in [3.63, 3.8) is 0 Å². The van der Waals surface area contributed by atoms with E-state index in [2.05, 4.69) is 10.3 Å². The molecule has 6 heteroatoms. The van der Waals surface area contributed by atoms with Gasteiger partial charge in [-0.05, 0) is 61.1 Å². The first-order chi connectivity index (χ1) is 10.6. The Kier molecular flexibility index (Phi) is 9.01. The zero-order chi connectivity index (χ0) is 15.8. The molecule has 2 aromatic rings. The van der Waals surface area contributed by atoms with Crippen LogP contribution in [0.5, 0.6) is 0 Å². The van der Waals surface area contributed by atoms with Crippen LogP contribution >= 0.6 is 35.7 Å². The Morgan fingerprint density at radius 3 is 2.65 bits per heavy atom. The van der Waals surface area contributed by atoms with Crippen LogP contribution < -0.4 is 11.1 Å². The SMILES string of the molecule is Cc1cccc(NC(N)=NCCCSc2ccc(F)cc2)c1.I. The number of hydrogen-bond acceptors (Lipinski definition) is 2. The number of nitrogens with one attached hydrogen (secondary N) is 1. The van der Waals surface area contributed by atoms with E-state index in [0.717, 1.165) is 22.8 Å². The highest BCUT2D eigenvalue weighted by molar-refractivity contribution is 14.0. The predicted octanol–water partition coefficient (Wildman–Crippen LogP) is 4.66. The first-order valence-electron chi connectivity index (χ1n) is 7.15. The van der Waals surface area contributed by atoms with Crippen molar-refractivity contribution in [1.82, 2.24) is 0 Å². The highest BCUT2D eigenvalue weighted by atomic mass is 127. The van der Waals surface area contributed by atoms with Crippen molar-refractivity contribution in [3.8, 4) is 0 Å². The molecule has 3 nitrogen and oxygen atoms in total. The summed E-state index contributed by atoms with van der Waals surface area (Å²) in [6.07, 6.45) is 0.915. The summed E-state index contributed by atoms with van der Waals surface area (Å²) in [5.74, 6) is 1.15. The molecule has 0 spiro atoms. The summed E-state index contributed by atoms with van der Waals surface area (Å²) in [7, 11) is 0. The second-order valence-electron chi connectivity index (χ2n) is 4.92. The molecule has 0 saturated heterocycles. The van der Waals surface area contributed by atoms with Gasteiger partial charge in [0.15, 0.2) is 5.96 Å². The molecular formula is C17H21FIN3S. The molecule has 124 valence electrons. The standard InChI is InChI=1S/C17H20FN3S.HI/c1-13-4-2-5-15(12-13)21-17(19)20-10-3-11-22-16-8-6-14(18)7-9-16;/h2,4-9,12H,3,10-11H2,1H3,(H3,19,20,21);1H. The molecule has 2 rings (SSSR count). The lowest BCUT2D eigenvalue weighted by Gasteiger charge is -2.06. The molecule has 0 bridgehead atoms. The van der Waals surface area contributed by atoms with Crippen molar-refractivity contribution >= 4 is 47.4 Å². The van der Waals surface area contributed by atoms with E-state index in [0.29, 0.717) is 12.5 Å². The molecule has 0 amide bonds. The maximum Gasteiger partial charge on any atom is 0.193 e. The van der Waals surface area contributed by atoms with Gasteiger partial charge in [-0.3, -0.25) is 4.99 Å². The van der Waals surface area contributed by atoms with Crippen LogP contribution in [0.1, 0.15) is 12.0 Å². The number of halogens is 2. The number of thioether (sulfide) groups is 1. The van der Waals surface area contributed by atoms with E-state index in [-0.39, 0.29) is 29.8 Å². The van der Waals surface area contributed by atoms with Crippen molar-refractivity contribution < 1.29 is 4.39 Å². The third-order valence-corrected chi connectivity index (χ3v) is 4.06. The molecule has 0 unspecified atom stereocenters. The zero-order valence-corrected chi connectivity index (χ0v) is 16.1. The molecule has 0 atom stereocenters. The maximum absolute atomic E-state index is 12.8. The highest BCUT2D eigenvalue weighted by Gasteiger charge is 1.97. The van der Waals surface area contributed by atoms with Crippen molar-refractivity contribution in [2.75, 3.05) is 17.6 Å². The third kappa shape index (κ3) is 7.69. The van der Waals surface area contributed by atoms with Crippen LogP contribution in [0.15, 0.2) is 58.4 Å². The van der Waals surface area contributed by atoms with Gasteiger partial charge in [-0.2, -0.15) is 0 Å². The zero-order valence-electron chi connectivity index (χ0n) is 13.0. The molecule has 0 radical (unpaired) electrons. The van der Waals surface area contributed by atoms with E-state index in [9.17, 15) is 4.39 Å². The summed E-state index contributed by atoms with van der Waals surface area (Å²) in [4.78, 5) is 5.37. The second kappa shape index (κ2) is 10.5. The minimum absolute atomic E-state index is 0.